The van der Waals surface area contributed by atoms with Gasteiger partial charge in [-0.3, -0.25) is 9.59 Å². The number of piperidine rings is 1. The van der Waals surface area contributed by atoms with Crippen LogP contribution >= 0.6 is 0 Å². The molecule has 2 saturated heterocycles. The van der Waals surface area contributed by atoms with Gasteiger partial charge in [0.1, 0.15) is 0 Å². The molecule has 2 aliphatic heterocycles. The van der Waals surface area contributed by atoms with Crippen molar-refractivity contribution in [1.82, 2.24) is 4.90 Å². The highest BCUT2D eigenvalue weighted by atomic mass is 16.5. The van der Waals surface area contributed by atoms with Gasteiger partial charge >= 0.3 is 5.97 Å². The molecule has 2 rings (SSSR count). The molecule has 90 valence electrons. The Labute approximate surface area is 94.4 Å². The molecule has 0 saturated carbocycles. The molecule has 0 aromatic rings. The third-order valence-corrected chi connectivity index (χ3v) is 3.55. The Bertz CT molecular complexity index is 288. The summed E-state index contributed by atoms with van der Waals surface area (Å²) in [6.45, 7) is 3.15. The Kier molecular flexibility index (Phi) is 3.14. The Hall–Kier alpha value is -1.10. The minimum atomic E-state index is -0.908. The molecule has 0 aliphatic carbocycles. The van der Waals surface area contributed by atoms with Crippen LogP contribution in [0.4, 0.5) is 0 Å². The number of likely N-dealkylation sites (tertiary alicyclic amines) is 1. The fourth-order valence-electron chi connectivity index (χ4n) is 2.28. The van der Waals surface area contributed by atoms with Crippen molar-refractivity contribution in [3.8, 4) is 0 Å². The lowest BCUT2D eigenvalue weighted by molar-refractivity contribution is -0.154. The first kappa shape index (κ1) is 11.4. The maximum atomic E-state index is 11.7. The third kappa shape index (κ3) is 2.35. The molecule has 0 radical (unpaired) electrons. The summed E-state index contributed by atoms with van der Waals surface area (Å²) in [4.78, 5) is 23.8. The average Bonchev–Trinajstić information content (AvgIpc) is 2.24. The van der Waals surface area contributed by atoms with E-state index in [0.717, 1.165) is 39.1 Å². The molecule has 2 fully saturated rings. The van der Waals surface area contributed by atoms with Gasteiger partial charge in [-0.05, 0) is 12.8 Å². The molecule has 0 atom stereocenters. The quantitative estimate of drug-likeness (QED) is 0.762. The summed E-state index contributed by atoms with van der Waals surface area (Å²) >= 11 is 0. The lowest BCUT2D eigenvalue weighted by atomic mass is 9.77. The van der Waals surface area contributed by atoms with E-state index in [1.807, 2.05) is 0 Å². The molecule has 2 aliphatic rings. The van der Waals surface area contributed by atoms with E-state index in [-0.39, 0.29) is 18.7 Å². The molecule has 0 aromatic carbocycles. The van der Waals surface area contributed by atoms with E-state index < -0.39 is 5.97 Å². The van der Waals surface area contributed by atoms with Crippen LogP contribution in [0.25, 0.3) is 0 Å². The first-order chi connectivity index (χ1) is 7.61. The van der Waals surface area contributed by atoms with Crippen molar-refractivity contribution in [3.05, 3.63) is 0 Å². The smallest absolute Gasteiger partial charge is 0.303 e. The second-order valence-electron chi connectivity index (χ2n) is 4.77. The number of rotatable bonds is 3. The maximum absolute atomic E-state index is 11.7. The Balaban J connectivity index is 1.75. The minimum Gasteiger partial charge on any atom is -0.481 e. The predicted molar refractivity (Wildman–Crippen MR) is 55.9 cm³/mol. The zero-order chi connectivity index (χ0) is 11.6. The molecule has 5 nitrogen and oxygen atoms in total. The molecule has 1 N–H and O–H groups in total. The summed E-state index contributed by atoms with van der Waals surface area (Å²) in [6.07, 6.45) is 2.04. The van der Waals surface area contributed by atoms with Crippen LogP contribution in [0.5, 0.6) is 0 Å². The van der Waals surface area contributed by atoms with Crippen molar-refractivity contribution in [2.45, 2.75) is 25.7 Å². The van der Waals surface area contributed by atoms with E-state index in [0.29, 0.717) is 5.41 Å². The van der Waals surface area contributed by atoms with E-state index in [9.17, 15) is 9.59 Å². The van der Waals surface area contributed by atoms with Crippen LogP contribution < -0.4 is 0 Å². The second-order valence-corrected chi connectivity index (χ2v) is 4.77. The van der Waals surface area contributed by atoms with E-state index in [2.05, 4.69) is 0 Å². The van der Waals surface area contributed by atoms with Gasteiger partial charge in [0.2, 0.25) is 5.91 Å². The summed E-state index contributed by atoms with van der Waals surface area (Å²) < 4.78 is 5.21. The molecular weight excluding hydrogens is 210 g/mol. The highest BCUT2D eigenvalue weighted by Crippen LogP contribution is 2.38. The standard InChI is InChI=1S/C11H17NO4/c13-9(1-2-10(14)15)12-5-3-11(4-6-12)7-16-8-11/h1-8H2,(H,14,15). The molecule has 16 heavy (non-hydrogen) atoms. The molecule has 0 aromatic heterocycles. The highest BCUT2D eigenvalue weighted by molar-refractivity contribution is 5.80. The summed E-state index contributed by atoms with van der Waals surface area (Å²) in [5, 5.41) is 8.50. The van der Waals surface area contributed by atoms with Crippen LogP contribution in [-0.2, 0) is 14.3 Å². The number of hydrogen-bond acceptors (Lipinski definition) is 3. The maximum Gasteiger partial charge on any atom is 0.303 e. The molecule has 0 bridgehead atoms. The fourth-order valence-corrected chi connectivity index (χ4v) is 2.28. The van der Waals surface area contributed by atoms with Gasteiger partial charge in [-0.25, -0.2) is 0 Å². The fraction of sp³-hybridized carbons (Fsp3) is 0.818. The normalized spacial score (nSPS) is 22.9. The van der Waals surface area contributed by atoms with Gasteiger partial charge in [-0.2, -0.15) is 0 Å². The lowest BCUT2D eigenvalue weighted by Gasteiger charge is -2.47. The van der Waals surface area contributed by atoms with Crippen molar-refractivity contribution in [1.29, 1.82) is 0 Å². The molecular formula is C11H17NO4. The van der Waals surface area contributed by atoms with Crippen LogP contribution in [0.2, 0.25) is 0 Å². The van der Waals surface area contributed by atoms with Gasteiger partial charge in [-0.15, -0.1) is 0 Å². The van der Waals surface area contributed by atoms with Crippen LogP contribution in [0.3, 0.4) is 0 Å². The molecule has 1 amide bonds. The number of aliphatic carboxylic acids is 1. The van der Waals surface area contributed by atoms with Crippen LogP contribution in [0, 0.1) is 5.41 Å². The van der Waals surface area contributed by atoms with Gasteiger partial charge in [0.05, 0.1) is 19.6 Å². The molecule has 2 heterocycles. The zero-order valence-corrected chi connectivity index (χ0v) is 9.28. The van der Waals surface area contributed by atoms with E-state index in [1.54, 1.807) is 4.90 Å². The Morgan fingerprint density at radius 2 is 1.81 bits per heavy atom. The Morgan fingerprint density at radius 1 is 1.19 bits per heavy atom. The summed E-state index contributed by atoms with van der Waals surface area (Å²) in [6, 6.07) is 0. The predicted octanol–water partition coefficient (Wildman–Crippen LogP) is 0.490. The van der Waals surface area contributed by atoms with Gasteiger partial charge in [-0.1, -0.05) is 0 Å². The molecule has 1 spiro atoms. The third-order valence-electron chi connectivity index (χ3n) is 3.55. The first-order valence-electron chi connectivity index (χ1n) is 5.69. The average molecular weight is 227 g/mol. The summed E-state index contributed by atoms with van der Waals surface area (Å²) in [5.74, 6) is -0.938. The molecule has 5 heteroatoms. The van der Waals surface area contributed by atoms with E-state index in [4.69, 9.17) is 9.84 Å². The van der Waals surface area contributed by atoms with Crippen molar-refractivity contribution >= 4 is 11.9 Å². The number of ether oxygens (including phenoxy) is 1. The Morgan fingerprint density at radius 3 is 2.25 bits per heavy atom. The van der Waals surface area contributed by atoms with Crippen molar-refractivity contribution < 1.29 is 19.4 Å². The zero-order valence-electron chi connectivity index (χ0n) is 9.28. The van der Waals surface area contributed by atoms with Crippen molar-refractivity contribution in [3.63, 3.8) is 0 Å². The van der Waals surface area contributed by atoms with E-state index >= 15 is 0 Å². The summed E-state index contributed by atoms with van der Waals surface area (Å²) in [7, 11) is 0. The number of carbonyl (C=O) groups is 2. The minimum absolute atomic E-state index is 0.0301. The van der Waals surface area contributed by atoms with Gasteiger partial charge in [0.15, 0.2) is 0 Å². The SMILES string of the molecule is O=C(O)CCC(=O)N1CCC2(CC1)COC2. The van der Waals surface area contributed by atoms with Crippen LogP contribution in [0.15, 0.2) is 0 Å². The summed E-state index contributed by atoms with van der Waals surface area (Å²) in [5.41, 5.74) is 0.323. The van der Waals surface area contributed by atoms with E-state index in [1.165, 1.54) is 0 Å². The molecule has 0 unspecified atom stereocenters. The van der Waals surface area contributed by atoms with Gasteiger partial charge < -0.3 is 14.7 Å². The van der Waals surface area contributed by atoms with Gasteiger partial charge in [0.25, 0.3) is 0 Å². The number of carboxylic acids is 1. The van der Waals surface area contributed by atoms with Crippen LogP contribution in [0.1, 0.15) is 25.7 Å². The lowest BCUT2D eigenvalue weighted by Crippen LogP contribution is -2.52. The number of carboxylic acid groups (broad SMARTS) is 1. The number of hydrogen-bond donors (Lipinski definition) is 1. The largest absolute Gasteiger partial charge is 0.481 e. The number of nitrogens with zero attached hydrogens (tertiary/aromatic N) is 1. The van der Waals surface area contributed by atoms with Crippen molar-refractivity contribution in [2.75, 3.05) is 26.3 Å². The highest BCUT2D eigenvalue weighted by Gasteiger charge is 2.41. The first-order valence-corrected chi connectivity index (χ1v) is 5.69. The number of amides is 1. The van der Waals surface area contributed by atoms with Crippen LogP contribution in [-0.4, -0.2) is 48.2 Å². The second kappa shape index (κ2) is 4.41. The van der Waals surface area contributed by atoms with Crippen molar-refractivity contribution in [2.24, 2.45) is 5.41 Å². The monoisotopic (exact) mass is 227 g/mol. The number of carbonyl (C=O) groups excluding carboxylic acids is 1. The topological polar surface area (TPSA) is 66.8 Å². The van der Waals surface area contributed by atoms with Gasteiger partial charge in [0, 0.05) is 24.9 Å².